The van der Waals surface area contributed by atoms with Gasteiger partial charge in [-0.15, -0.1) is 0 Å². The van der Waals surface area contributed by atoms with Gasteiger partial charge in [0.05, 0.1) is 40.2 Å². The second-order valence-electron chi connectivity index (χ2n) is 26.9. The Balaban J connectivity index is 0.000000233. The fraction of sp³-hybridized carbons (Fsp3) is 0.455. The zero-order valence-electron chi connectivity index (χ0n) is 57.8. The minimum atomic E-state index is -4.92. The van der Waals surface area contributed by atoms with Crippen molar-refractivity contribution in [2.45, 2.75) is 193 Å². The van der Waals surface area contributed by atoms with Gasteiger partial charge >= 0.3 is 24.5 Å². The van der Waals surface area contributed by atoms with Crippen LogP contribution in [0.4, 0.5) is 47.3 Å². The molecule has 100 heavy (non-hydrogen) atoms. The lowest BCUT2D eigenvalue weighted by atomic mass is 9.91. The molecule has 4 aliphatic rings. The highest BCUT2D eigenvalue weighted by Gasteiger charge is 2.50. The summed E-state index contributed by atoms with van der Waals surface area (Å²) in [5, 5.41) is 10.2. The van der Waals surface area contributed by atoms with Crippen LogP contribution in [0.5, 0.6) is 11.5 Å². The number of aliphatic hydroxyl groups excluding tert-OH is 1. The van der Waals surface area contributed by atoms with Gasteiger partial charge in [-0.2, -0.15) is 26.3 Å². The highest BCUT2D eigenvalue weighted by Crippen LogP contribution is 2.47. The Morgan fingerprint density at radius 3 is 1.17 bits per heavy atom. The number of carbonyl (C=O) groups is 6. The number of carbonyl (C=O) groups excluding carboxylic acids is 6. The number of nitrogens with zero attached hydrogens (tertiary/aromatic N) is 6. The molecule has 1 N–H and O–H groups in total. The predicted molar refractivity (Wildman–Crippen MR) is 366 cm³/mol. The number of hydrogen-bond acceptors (Lipinski definition) is 11. The van der Waals surface area contributed by atoms with Crippen LogP contribution in [0.3, 0.4) is 0 Å². The van der Waals surface area contributed by atoms with Crippen LogP contribution in [-0.2, 0) is 57.7 Å². The number of fused-ring (bicyclic) bond motifs is 2. The van der Waals surface area contributed by atoms with Crippen molar-refractivity contribution in [2.75, 3.05) is 42.6 Å². The van der Waals surface area contributed by atoms with E-state index in [1.54, 1.807) is 25.7 Å². The molecule has 2 heterocycles. The molecule has 0 bridgehead atoms. The van der Waals surface area contributed by atoms with Gasteiger partial charge in [-0.3, -0.25) is 19.2 Å². The smallest absolute Gasteiger partial charge is 0.417 e. The summed E-state index contributed by atoms with van der Waals surface area (Å²) in [7, 11) is 0. The first kappa shape index (κ1) is 75.1. The number of aliphatic hydroxyl groups is 1. The zero-order valence-corrected chi connectivity index (χ0v) is 57.8. The molecule has 10 rings (SSSR count). The number of halogens is 6. The summed E-state index contributed by atoms with van der Waals surface area (Å²) in [6.45, 7) is 10.9. The second-order valence-corrected chi connectivity index (χ2v) is 26.9. The van der Waals surface area contributed by atoms with Crippen LogP contribution in [0, 0.1) is 0 Å². The van der Waals surface area contributed by atoms with Crippen molar-refractivity contribution < 1.29 is 79.2 Å². The van der Waals surface area contributed by atoms with E-state index in [9.17, 15) is 60.2 Å². The van der Waals surface area contributed by atoms with Gasteiger partial charge < -0.3 is 53.5 Å². The number of rotatable bonds is 22. The lowest BCUT2D eigenvalue weighted by Crippen LogP contribution is -2.58. The van der Waals surface area contributed by atoms with Crippen LogP contribution >= 0.6 is 0 Å². The van der Waals surface area contributed by atoms with Crippen molar-refractivity contribution in [3.8, 4) is 11.5 Å². The quantitative estimate of drug-likeness (QED) is 0.0639. The van der Waals surface area contributed by atoms with E-state index in [2.05, 4.69) is 0 Å². The summed E-state index contributed by atoms with van der Waals surface area (Å²) in [6.07, 6.45) is -2.48. The van der Waals surface area contributed by atoms with Crippen molar-refractivity contribution in [3.05, 3.63) is 190 Å². The van der Waals surface area contributed by atoms with Crippen LogP contribution in [-0.4, -0.2) is 129 Å². The molecule has 0 aromatic heterocycles. The summed E-state index contributed by atoms with van der Waals surface area (Å²) < 4.78 is 111. The Labute approximate surface area is 580 Å². The van der Waals surface area contributed by atoms with Crippen LogP contribution in [0.15, 0.2) is 146 Å². The number of alkyl halides is 6. The van der Waals surface area contributed by atoms with Gasteiger partial charge in [0.2, 0.25) is 5.60 Å². The molecule has 536 valence electrons. The van der Waals surface area contributed by atoms with E-state index in [1.165, 1.54) is 38.3 Å². The number of amides is 6. The number of anilines is 2. The predicted octanol–water partition coefficient (Wildman–Crippen LogP) is 15.8. The molecular formula is C77H90F6N6O11. The van der Waals surface area contributed by atoms with Crippen LogP contribution in [0.2, 0.25) is 0 Å². The van der Waals surface area contributed by atoms with E-state index in [0.717, 1.165) is 97.9 Å². The molecule has 6 aromatic carbocycles. The molecule has 17 nitrogen and oxygen atoms in total. The van der Waals surface area contributed by atoms with Crippen molar-refractivity contribution >= 4 is 47.2 Å². The molecule has 0 spiro atoms. The van der Waals surface area contributed by atoms with Crippen molar-refractivity contribution in [2.24, 2.45) is 0 Å². The van der Waals surface area contributed by atoms with Crippen LogP contribution < -0.4 is 19.3 Å². The minimum absolute atomic E-state index is 0.00200. The average Bonchev–Trinajstić information content (AvgIpc) is 0.746. The zero-order chi connectivity index (χ0) is 72.1. The monoisotopic (exact) mass is 1390 g/mol. The third-order valence-electron chi connectivity index (χ3n) is 19.0. The molecule has 2 atom stereocenters. The fourth-order valence-corrected chi connectivity index (χ4v) is 13.5. The van der Waals surface area contributed by atoms with Crippen LogP contribution in [0.1, 0.15) is 173 Å². The van der Waals surface area contributed by atoms with E-state index in [0.29, 0.717) is 12.8 Å². The minimum Gasteiger partial charge on any atom is -0.476 e. The lowest BCUT2D eigenvalue weighted by Gasteiger charge is -2.42. The molecular weight excluding hydrogens is 1300 g/mol. The summed E-state index contributed by atoms with van der Waals surface area (Å²) in [5.74, 6) is -3.16. The summed E-state index contributed by atoms with van der Waals surface area (Å²) in [4.78, 5) is 91.8. The second kappa shape index (κ2) is 32.9. The van der Waals surface area contributed by atoms with E-state index < -0.39 is 88.2 Å². The van der Waals surface area contributed by atoms with E-state index >= 15 is 0 Å². The Hall–Kier alpha value is -9.12. The molecule has 6 aromatic rings. The Kier molecular flexibility index (Phi) is 24.7. The maximum Gasteiger partial charge on any atom is 0.417 e. The summed E-state index contributed by atoms with van der Waals surface area (Å²) >= 11 is 0. The lowest BCUT2D eigenvalue weighted by molar-refractivity contribution is -0.140. The molecule has 2 fully saturated rings. The largest absolute Gasteiger partial charge is 0.476 e. The molecule has 2 unspecified atom stereocenters. The molecule has 23 heteroatoms. The van der Waals surface area contributed by atoms with Gasteiger partial charge in [-0.1, -0.05) is 167 Å². The third kappa shape index (κ3) is 18.1. The number of benzene rings is 6. The molecule has 0 radical (unpaired) electrons. The molecule has 2 aliphatic heterocycles. The SMILES string of the molecule is CC(C)N(C(=O)c1cc2c(cc1C(F)(F)F)OC(C)(CO)C(=O)N2CCN(Cc1ccccc1)C(=O)OCc1ccccc1)C1CCCCC1.CCC1(C)Oc2cc(C(F)(F)F)c(C(=O)N(C(C)C)C3CCCCC3)cc2N(CCN(Cc2ccccc2)C(=O)OCc2ccccc2)C1=O. The van der Waals surface area contributed by atoms with Crippen molar-refractivity contribution in [3.63, 3.8) is 0 Å². The summed E-state index contributed by atoms with van der Waals surface area (Å²) in [6, 6.07) is 39.5. The fourth-order valence-electron chi connectivity index (χ4n) is 13.5. The van der Waals surface area contributed by atoms with Gasteiger partial charge in [-0.25, -0.2) is 9.59 Å². The average molecular weight is 1390 g/mol. The first-order valence-corrected chi connectivity index (χ1v) is 34.4. The topological polar surface area (TPSA) is 179 Å². The standard InChI is InChI=1S/C39H46F3N3O5.C38H44F3N3O6/c1-5-38(4)36(47)44(22-21-43(25-28-15-9-6-10-16-28)37(48)49-26-29-17-11-7-12-18-29)33-23-31(32(39(40,41)42)24-34(33)50-38)35(46)45(27(2)3)30-19-13-8-14-20-30;1-26(2)44(29-17-11-6-12-18-29)34(46)30-21-32-33(22-31(30)38(39,40)41)50-37(3,25-45)35(47)43(32)20-19-42(23-27-13-7-4-8-14-27)36(48)49-24-28-15-9-5-10-16-28/h6-7,9-12,15-18,23-24,27,30H,5,8,13-14,19-22,25-26H2,1-4H3;4-5,7-10,13-16,21-22,26,29,45H,6,11-12,17-20,23-25H2,1-3H3. The first-order chi connectivity index (χ1) is 47.6. The van der Waals surface area contributed by atoms with Crippen molar-refractivity contribution in [1.82, 2.24) is 19.6 Å². The number of ether oxygens (including phenoxy) is 4. The molecule has 2 saturated carbocycles. The van der Waals surface area contributed by atoms with Gasteiger partial charge in [-0.05, 0) is 120 Å². The Bertz CT molecular complexity index is 3540. The Morgan fingerprint density at radius 2 is 0.850 bits per heavy atom. The highest BCUT2D eigenvalue weighted by molar-refractivity contribution is 6.07. The highest BCUT2D eigenvalue weighted by atomic mass is 19.4. The number of hydrogen-bond donors (Lipinski definition) is 1. The van der Waals surface area contributed by atoms with Crippen molar-refractivity contribution in [1.29, 1.82) is 0 Å². The van der Waals surface area contributed by atoms with E-state index in [1.807, 2.05) is 135 Å². The molecule has 2 aliphatic carbocycles. The van der Waals surface area contributed by atoms with Gasteiger partial charge in [0.15, 0.2) is 5.60 Å². The van der Waals surface area contributed by atoms with Crippen LogP contribution in [0.25, 0.3) is 0 Å². The summed E-state index contributed by atoms with van der Waals surface area (Å²) in [5.41, 5.74) is -3.59. The van der Waals surface area contributed by atoms with E-state index in [4.69, 9.17) is 18.9 Å². The third-order valence-corrected chi connectivity index (χ3v) is 19.0. The maximum atomic E-state index is 14.7. The first-order valence-electron chi connectivity index (χ1n) is 34.4. The molecule has 6 amide bonds. The normalized spacial score (nSPS) is 18.0. The van der Waals surface area contributed by atoms with E-state index in [-0.39, 0.29) is 106 Å². The van der Waals surface area contributed by atoms with Gasteiger partial charge in [0.25, 0.3) is 23.6 Å². The maximum absolute atomic E-state index is 14.7. The van der Waals surface area contributed by atoms with Gasteiger partial charge in [0.1, 0.15) is 24.7 Å². The van der Waals surface area contributed by atoms with Gasteiger partial charge in [0, 0.05) is 63.4 Å². The molecule has 0 saturated heterocycles. The Morgan fingerprint density at radius 1 is 0.520 bits per heavy atom.